The third kappa shape index (κ3) is 3.76. The summed E-state index contributed by atoms with van der Waals surface area (Å²) in [5.41, 5.74) is 7.07. The van der Waals surface area contributed by atoms with Crippen LogP contribution in [0.1, 0.15) is 31.9 Å². The van der Waals surface area contributed by atoms with Crippen molar-refractivity contribution in [1.29, 1.82) is 0 Å². The Morgan fingerprint density at radius 2 is 1.54 bits per heavy atom. The van der Waals surface area contributed by atoms with Gasteiger partial charge in [-0.1, -0.05) is 99.6 Å². The molecule has 0 saturated carbocycles. The predicted molar refractivity (Wildman–Crippen MR) is 157 cm³/mol. The summed E-state index contributed by atoms with van der Waals surface area (Å²) in [7, 11) is -0.707. The van der Waals surface area contributed by atoms with Crippen LogP contribution in [-0.4, -0.2) is 0 Å². The van der Waals surface area contributed by atoms with Crippen molar-refractivity contribution in [2.75, 3.05) is 0 Å². The first-order chi connectivity index (χ1) is 17.9. The molecule has 0 saturated heterocycles. The molecule has 1 atom stereocenters. The summed E-state index contributed by atoms with van der Waals surface area (Å²) < 4.78 is 13.1. The highest BCUT2D eigenvalue weighted by Gasteiger charge is 2.37. The Bertz CT molecular complexity index is 1610. The lowest BCUT2D eigenvalue weighted by Gasteiger charge is -2.26. The van der Waals surface area contributed by atoms with Crippen LogP contribution >= 0.6 is 7.92 Å². The Labute approximate surface area is 220 Å². The zero-order valence-electron chi connectivity index (χ0n) is 21.4. The first-order valence-corrected chi connectivity index (χ1v) is 13.9. The van der Waals surface area contributed by atoms with Crippen LogP contribution in [0.15, 0.2) is 115 Å². The van der Waals surface area contributed by atoms with Crippen molar-refractivity contribution in [2.45, 2.75) is 26.2 Å². The molecule has 1 aliphatic heterocycles. The molecule has 0 aromatic heterocycles. The highest BCUT2D eigenvalue weighted by atomic mass is 31.1. The van der Waals surface area contributed by atoms with Crippen LogP contribution in [0.25, 0.3) is 22.3 Å². The predicted octanol–water partition coefficient (Wildman–Crippen LogP) is 9.90. The Balaban J connectivity index is 1.42. The fourth-order valence-electron chi connectivity index (χ4n) is 5.51. The van der Waals surface area contributed by atoms with Crippen LogP contribution in [0, 0.1) is 0 Å². The standard InChI is InChI=1S/C34H29O2P/c1-6-12-22(3)37(7-2)24-14-10-13-23(19-24)25-16-11-18-30-33(25)36-31-20-27-26-15-8-9-17-28(26)34(4,5)29(27)21-32(31)35-30/h6-21H,2-3H2,1,4-5H3/b12-6-. The lowest BCUT2D eigenvalue weighted by atomic mass is 9.82. The van der Waals surface area contributed by atoms with Gasteiger partial charge in [-0.05, 0) is 77.5 Å². The summed E-state index contributed by atoms with van der Waals surface area (Å²) in [4.78, 5) is 0. The Morgan fingerprint density at radius 3 is 2.35 bits per heavy atom. The van der Waals surface area contributed by atoms with Gasteiger partial charge in [-0.15, -0.1) is 0 Å². The van der Waals surface area contributed by atoms with Gasteiger partial charge in [0.05, 0.1) is 0 Å². The molecule has 3 heteroatoms. The molecule has 4 aromatic carbocycles. The number of fused-ring (bicyclic) bond motifs is 5. The second kappa shape index (κ2) is 8.91. The van der Waals surface area contributed by atoms with E-state index in [1.807, 2.05) is 30.9 Å². The minimum atomic E-state index is -0.707. The number of allylic oxidation sites excluding steroid dienone is 3. The van der Waals surface area contributed by atoms with Gasteiger partial charge in [-0.2, -0.15) is 0 Å². The van der Waals surface area contributed by atoms with Gasteiger partial charge in [0.25, 0.3) is 0 Å². The van der Waals surface area contributed by atoms with E-state index in [2.05, 4.69) is 99.8 Å². The number of hydrogen-bond acceptors (Lipinski definition) is 2. The van der Waals surface area contributed by atoms with Crippen molar-refractivity contribution in [2.24, 2.45) is 0 Å². The molecule has 1 aliphatic carbocycles. The summed E-state index contributed by atoms with van der Waals surface area (Å²) in [5, 5.41) is 2.28. The molecule has 6 rings (SSSR count). The highest BCUT2D eigenvalue weighted by molar-refractivity contribution is 7.72. The van der Waals surface area contributed by atoms with E-state index in [0.717, 1.165) is 39.4 Å². The molecule has 1 heterocycles. The summed E-state index contributed by atoms with van der Waals surface area (Å²) >= 11 is 0. The maximum Gasteiger partial charge on any atom is 0.177 e. The largest absolute Gasteiger partial charge is 0.449 e. The van der Waals surface area contributed by atoms with Crippen LogP contribution in [0.4, 0.5) is 0 Å². The van der Waals surface area contributed by atoms with Crippen molar-refractivity contribution >= 4 is 13.2 Å². The minimum Gasteiger partial charge on any atom is -0.449 e. The van der Waals surface area contributed by atoms with E-state index in [4.69, 9.17) is 9.47 Å². The zero-order valence-corrected chi connectivity index (χ0v) is 22.3. The first kappa shape index (κ1) is 23.5. The molecule has 0 bridgehead atoms. The van der Waals surface area contributed by atoms with Gasteiger partial charge < -0.3 is 9.47 Å². The van der Waals surface area contributed by atoms with E-state index >= 15 is 0 Å². The number of hydrogen-bond donors (Lipinski definition) is 0. The number of benzene rings is 4. The van der Waals surface area contributed by atoms with Gasteiger partial charge in [-0.3, -0.25) is 0 Å². The van der Waals surface area contributed by atoms with Gasteiger partial charge in [0.1, 0.15) is 0 Å². The average molecular weight is 501 g/mol. The van der Waals surface area contributed by atoms with Crippen LogP contribution in [0.3, 0.4) is 0 Å². The summed E-state index contributed by atoms with van der Waals surface area (Å²) in [6.07, 6.45) is 4.09. The van der Waals surface area contributed by atoms with E-state index in [1.165, 1.54) is 27.6 Å². The number of ether oxygens (including phenoxy) is 2. The first-order valence-electron chi connectivity index (χ1n) is 12.5. The summed E-state index contributed by atoms with van der Waals surface area (Å²) in [6.45, 7) is 14.9. The van der Waals surface area contributed by atoms with Crippen molar-refractivity contribution in [3.63, 3.8) is 0 Å². The summed E-state index contributed by atoms with van der Waals surface area (Å²) in [5.74, 6) is 4.99. The molecule has 0 spiro atoms. The van der Waals surface area contributed by atoms with Crippen molar-refractivity contribution in [1.82, 2.24) is 0 Å². The maximum atomic E-state index is 6.62. The molecule has 2 nitrogen and oxygen atoms in total. The van der Waals surface area contributed by atoms with E-state index in [1.54, 1.807) is 0 Å². The summed E-state index contributed by atoms with van der Waals surface area (Å²) in [6, 6.07) is 27.6. The van der Waals surface area contributed by atoms with Gasteiger partial charge >= 0.3 is 0 Å². The molecule has 4 aromatic rings. The second-order valence-corrected chi connectivity index (χ2v) is 12.1. The van der Waals surface area contributed by atoms with Crippen LogP contribution in [0.5, 0.6) is 23.0 Å². The quantitative estimate of drug-likeness (QED) is 0.177. The van der Waals surface area contributed by atoms with Gasteiger partial charge in [0.2, 0.25) is 0 Å². The average Bonchev–Trinajstić information content (AvgIpc) is 3.13. The third-order valence-electron chi connectivity index (χ3n) is 7.35. The fourth-order valence-corrected chi connectivity index (χ4v) is 7.12. The van der Waals surface area contributed by atoms with E-state index in [0.29, 0.717) is 0 Å². The molecule has 0 N–H and O–H groups in total. The molecule has 182 valence electrons. The van der Waals surface area contributed by atoms with Crippen LogP contribution < -0.4 is 14.8 Å². The topological polar surface area (TPSA) is 18.5 Å². The monoisotopic (exact) mass is 500 g/mol. The highest BCUT2D eigenvalue weighted by Crippen LogP contribution is 2.56. The van der Waals surface area contributed by atoms with Crippen molar-refractivity contribution in [3.8, 4) is 45.3 Å². The van der Waals surface area contributed by atoms with Crippen molar-refractivity contribution in [3.05, 3.63) is 126 Å². The van der Waals surface area contributed by atoms with Gasteiger partial charge in [0.15, 0.2) is 23.0 Å². The lowest BCUT2D eigenvalue weighted by molar-refractivity contribution is 0.360. The fraction of sp³-hybridized carbons (Fsp3) is 0.118. The Hall–Kier alpha value is -3.87. The number of rotatable bonds is 5. The van der Waals surface area contributed by atoms with Gasteiger partial charge in [0, 0.05) is 11.0 Å². The molecular formula is C34H29O2P. The van der Waals surface area contributed by atoms with E-state index in [-0.39, 0.29) is 5.41 Å². The van der Waals surface area contributed by atoms with E-state index < -0.39 is 7.92 Å². The second-order valence-electron chi connectivity index (χ2n) is 9.95. The molecule has 0 radical (unpaired) electrons. The molecule has 1 unspecified atom stereocenters. The molecule has 0 amide bonds. The molecule has 0 fully saturated rings. The third-order valence-corrected chi connectivity index (χ3v) is 9.31. The zero-order chi connectivity index (χ0) is 25.7. The molecule has 37 heavy (non-hydrogen) atoms. The molecular weight excluding hydrogens is 471 g/mol. The van der Waals surface area contributed by atoms with E-state index in [9.17, 15) is 0 Å². The Morgan fingerprint density at radius 1 is 0.784 bits per heavy atom. The normalized spacial score (nSPS) is 15.0. The van der Waals surface area contributed by atoms with Crippen LogP contribution in [0.2, 0.25) is 0 Å². The molecule has 2 aliphatic rings. The van der Waals surface area contributed by atoms with Crippen molar-refractivity contribution < 1.29 is 9.47 Å². The maximum absolute atomic E-state index is 6.62. The van der Waals surface area contributed by atoms with Gasteiger partial charge in [-0.25, -0.2) is 0 Å². The van der Waals surface area contributed by atoms with Crippen LogP contribution in [-0.2, 0) is 5.41 Å². The number of para-hydroxylation sites is 1. The minimum absolute atomic E-state index is 0.0899. The lowest BCUT2D eigenvalue weighted by Crippen LogP contribution is -2.15. The smallest absolute Gasteiger partial charge is 0.177 e. The Kier molecular flexibility index (Phi) is 5.66. The SMILES string of the molecule is C=CP(C(=C)/C=C\C)c1cccc(-c2cccc3c2Oc2cc4c(cc2O3)C(C)(C)c2ccccc2-4)c1.